The molecule has 0 spiro atoms. The van der Waals surface area contributed by atoms with E-state index in [4.69, 9.17) is 0 Å². The molecule has 1 aliphatic rings. The lowest BCUT2D eigenvalue weighted by Gasteiger charge is -2.09. The number of aryl methyl sites for hydroxylation is 1. The van der Waals surface area contributed by atoms with Crippen molar-refractivity contribution in [2.45, 2.75) is 46.2 Å². The molecule has 126 valence electrons. The highest BCUT2D eigenvalue weighted by Gasteiger charge is 2.16. The van der Waals surface area contributed by atoms with Crippen molar-refractivity contribution in [3.8, 4) is 0 Å². The monoisotopic (exact) mass is 323 g/mol. The van der Waals surface area contributed by atoms with Gasteiger partial charge in [0.2, 0.25) is 5.91 Å². The zero-order valence-electron chi connectivity index (χ0n) is 14.5. The number of benzene rings is 1. The number of nitrogens with zero attached hydrogens (tertiary/aromatic N) is 2. The van der Waals surface area contributed by atoms with Crippen LogP contribution in [-0.4, -0.2) is 15.7 Å². The summed E-state index contributed by atoms with van der Waals surface area (Å²) in [6.45, 7) is 5.40. The van der Waals surface area contributed by atoms with Crippen LogP contribution in [0.3, 0.4) is 0 Å². The van der Waals surface area contributed by atoms with Crippen LogP contribution in [0.4, 0.5) is 0 Å². The van der Waals surface area contributed by atoms with Crippen LogP contribution in [0.1, 0.15) is 41.8 Å². The van der Waals surface area contributed by atoms with E-state index in [-0.39, 0.29) is 5.91 Å². The molecule has 1 aromatic carbocycles. The summed E-state index contributed by atoms with van der Waals surface area (Å²) in [5, 5.41) is 7.70. The molecule has 0 aliphatic heterocycles. The number of hydrogen-bond donors (Lipinski definition) is 1. The van der Waals surface area contributed by atoms with Gasteiger partial charge in [-0.15, -0.1) is 0 Å². The summed E-state index contributed by atoms with van der Waals surface area (Å²) in [5.41, 5.74) is 4.47. The first kappa shape index (κ1) is 16.5. The van der Waals surface area contributed by atoms with Gasteiger partial charge in [0.15, 0.2) is 0 Å². The maximum Gasteiger partial charge on any atom is 0.220 e. The van der Waals surface area contributed by atoms with Crippen molar-refractivity contribution in [2.75, 3.05) is 0 Å². The molecule has 1 N–H and O–H groups in total. The maximum atomic E-state index is 12.1. The number of rotatable bonds is 6. The molecule has 1 heterocycles. The predicted molar refractivity (Wildman–Crippen MR) is 95.6 cm³/mol. The standard InChI is InChI=1S/C20H25N3O/c1-15-19(13-21-20(24)12-17-8-6-7-9-17)16(2)23(22-15)14-18-10-4-3-5-11-18/h3-6,8,10-11,17H,7,9,12-14H2,1-2H3,(H,21,24)/t17-/m0/s1. The SMILES string of the molecule is Cc1nn(Cc2ccccc2)c(C)c1CNC(=O)C[C@H]1C=CCC1. The molecule has 0 bridgehead atoms. The Morgan fingerprint density at radius 2 is 2.08 bits per heavy atom. The first-order chi connectivity index (χ1) is 11.6. The normalized spacial score (nSPS) is 16.5. The minimum Gasteiger partial charge on any atom is -0.352 e. The van der Waals surface area contributed by atoms with Gasteiger partial charge in [-0.3, -0.25) is 9.48 Å². The van der Waals surface area contributed by atoms with Crippen LogP contribution in [0.5, 0.6) is 0 Å². The molecule has 0 radical (unpaired) electrons. The Balaban J connectivity index is 1.61. The summed E-state index contributed by atoms with van der Waals surface area (Å²) in [5.74, 6) is 0.536. The Bertz CT molecular complexity index is 731. The first-order valence-electron chi connectivity index (χ1n) is 8.63. The molecule has 1 amide bonds. The van der Waals surface area contributed by atoms with E-state index in [0.29, 0.717) is 18.9 Å². The smallest absolute Gasteiger partial charge is 0.220 e. The largest absolute Gasteiger partial charge is 0.352 e. The van der Waals surface area contributed by atoms with Crippen molar-refractivity contribution in [3.05, 3.63) is 65.0 Å². The second-order valence-corrected chi connectivity index (χ2v) is 6.54. The zero-order valence-corrected chi connectivity index (χ0v) is 14.5. The van der Waals surface area contributed by atoms with Crippen LogP contribution in [-0.2, 0) is 17.9 Å². The number of amides is 1. The van der Waals surface area contributed by atoms with Gasteiger partial charge in [-0.2, -0.15) is 5.10 Å². The number of carbonyl (C=O) groups is 1. The van der Waals surface area contributed by atoms with Gasteiger partial charge < -0.3 is 5.32 Å². The Morgan fingerprint density at radius 3 is 2.79 bits per heavy atom. The van der Waals surface area contributed by atoms with Crippen LogP contribution in [0.2, 0.25) is 0 Å². The van der Waals surface area contributed by atoms with Crippen molar-refractivity contribution in [3.63, 3.8) is 0 Å². The van der Waals surface area contributed by atoms with E-state index in [0.717, 1.165) is 36.3 Å². The summed E-state index contributed by atoms with van der Waals surface area (Å²) in [6.07, 6.45) is 7.11. The van der Waals surface area contributed by atoms with Gasteiger partial charge in [0.05, 0.1) is 12.2 Å². The number of nitrogens with one attached hydrogen (secondary N) is 1. The molecule has 3 rings (SSSR count). The molecule has 0 unspecified atom stereocenters. The van der Waals surface area contributed by atoms with E-state index in [9.17, 15) is 4.79 Å². The van der Waals surface area contributed by atoms with Crippen LogP contribution in [0, 0.1) is 19.8 Å². The molecule has 0 saturated heterocycles. The van der Waals surface area contributed by atoms with E-state index >= 15 is 0 Å². The van der Waals surface area contributed by atoms with E-state index in [1.165, 1.54) is 5.56 Å². The van der Waals surface area contributed by atoms with Gasteiger partial charge in [0, 0.05) is 24.2 Å². The molecule has 0 saturated carbocycles. The van der Waals surface area contributed by atoms with Gasteiger partial charge in [0.25, 0.3) is 0 Å². The molecule has 4 nitrogen and oxygen atoms in total. The van der Waals surface area contributed by atoms with Gasteiger partial charge in [-0.1, -0.05) is 42.5 Å². The summed E-state index contributed by atoms with van der Waals surface area (Å²) in [7, 11) is 0. The highest BCUT2D eigenvalue weighted by Crippen LogP contribution is 2.20. The third-order valence-electron chi connectivity index (χ3n) is 4.73. The number of hydrogen-bond acceptors (Lipinski definition) is 2. The van der Waals surface area contributed by atoms with Crippen LogP contribution in [0.25, 0.3) is 0 Å². The highest BCUT2D eigenvalue weighted by molar-refractivity contribution is 5.76. The Kier molecular flexibility index (Phi) is 5.14. The fraction of sp³-hybridized carbons (Fsp3) is 0.400. The highest BCUT2D eigenvalue weighted by atomic mass is 16.1. The van der Waals surface area contributed by atoms with Gasteiger partial charge in [-0.05, 0) is 38.2 Å². The van der Waals surface area contributed by atoms with E-state index in [1.54, 1.807) is 0 Å². The van der Waals surface area contributed by atoms with Crippen molar-refractivity contribution >= 4 is 5.91 Å². The summed E-state index contributed by atoms with van der Waals surface area (Å²) >= 11 is 0. The fourth-order valence-electron chi connectivity index (χ4n) is 3.26. The van der Waals surface area contributed by atoms with Crippen LogP contribution < -0.4 is 5.32 Å². The zero-order chi connectivity index (χ0) is 16.9. The molecule has 1 atom stereocenters. The first-order valence-corrected chi connectivity index (χ1v) is 8.63. The quantitative estimate of drug-likeness (QED) is 0.827. The Labute approximate surface area is 143 Å². The maximum absolute atomic E-state index is 12.1. The summed E-state index contributed by atoms with van der Waals surface area (Å²) in [6, 6.07) is 10.3. The average molecular weight is 323 g/mol. The molecule has 4 heteroatoms. The van der Waals surface area contributed by atoms with E-state index in [1.807, 2.05) is 29.8 Å². The second-order valence-electron chi connectivity index (χ2n) is 6.54. The van der Waals surface area contributed by atoms with Crippen molar-refractivity contribution in [1.82, 2.24) is 15.1 Å². The number of aromatic nitrogens is 2. The van der Waals surface area contributed by atoms with Crippen molar-refractivity contribution in [1.29, 1.82) is 0 Å². The van der Waals surface area contributed by atoms with Crippen LogP contribution in [0.15, 0.2) is 42.5 Å². The average Bonchev–Trinajstić information content (AvgIpc) is 3.16. The molecule has 1 aliphatic carbocycles. The van der Waals surface area contributed by atoms with Crippen molar-refractivity contribution in [2.24, 2.45) is 5.92 Å². The van der Waals surface area contributed by atoms with E-state index < -0.39 is 0 Å². The number of allylic oxidation sites excluding steroid dienone is 2. The molecule has 1 aromatic heterocycles. The topological polar surface area (TPSA) is 46.9 Å². The van der Waals surface area contributed by atoms with Gasteiger partial charge >= 0.3 is 0 Å². The molecule has 2 aromatic rings. The van der Waals surface area contributed by atoms with Crippen molar-refractivity contribution < 1.29 is 4.79 Å². The summed E-state index contributed by atoms with van der Waals surface area (Å²) in [4.78, 5) is 12.1. The predicted octanol–water partition coefficient (Wildman–Crippen LogP) is 3.52. The third-order valence-corrected chi connectivity index (χ3v) is 4.73. The molecule has 0 fully saturated rings. The molecular formula is C20H25N3O. The number of carbonyl (C=O) groups excluding carboxylic acids is 1. The Hall–Kier alpha value is -2.36. The second kappa shape index (κ2) is 7.47. The lowest BCUT2D eigenvalue weighted by Crippen LogP contribution is -2.25. The fourth-order valence-corrected chi connectivity index (χ4v) is 3.26. The lowest BCUT2D eigenvalue weighted by molar-refractivity contribution is -0.121. The van der Waals surface area contributed by atoms with E-state index in [2.05, 4.69) is 41.6 Å². The lowest BCUT2D eigenvalue weighted by atomic mass is 10.0. The molecular weight excluding hydrogens is 298 g/mol. The third kappa shape index (κ3) is 3.94. The Morgan fingerprint density at radius 1 is 1.29 bits per heavy atom. The van der Waals surface area contributed by atoms with Gasteiger partial charge in [-0.25, -0.2) is 0 Å². The minimum absolute atomic E-state index is 0.126. The summed E-state index contributed by atoms with van der Waals surface area (Å²) < 4.78 is 2.02. The van der Waals surface area contributed by atoms with Gasteiger partial charge in [0.1, 0.15) is 0 Å². The van der Waals surface area contributed by atoms with Crippen LogP contribution >= 0.6 is 0 Å². The minimum atomic E-state index is 0.126. The molecule has 24 heavy (non-hydrogen) atoms.